The summed E-state index contributed by atoms with van der Waals surface area (Å²) in [5, 5.41) is -0.0703. The minimum absolute atomic E-state index is 0.0654. The summed E-state index contributed by atoms with van der Waals surface area (Å²) in [7, 11) is -3.98. The molecule has 12 heteroatoms. The van der Waals surface area contributed by atoms with Gasteiger partial charge in [-0.1, -0.05) is 23.7 Å². The average Bonchev–Trinajstić information content (AvgIpc) is 3.47. The van der Waals surface area contributed by atoms with Gasteiger partial charge < -0.3 is 9.64 Å². The molecule has 1 aromatic heterocycles. The number of hydrogen-bond acceptors (Lipinski definition) is 5. The zero-order valence-corrected chi connectivity index (χ0v) is 18.3. The minimum atomic E-state index is -4.53. The van der Waals surface area contributed by atoms with E-state index < -0.39 is 34.4 Å². The van der Waals surface area contributed by atoms with E-state index in [9.17, 15) is 26.0 Å². The third-order valence-electron chi connectivity index (χ3n) is 5.50. The van der Waals surface area contributed by atoms with Crippen molar-refractivity contribution in [3.8, 4) is 0 Å². The topological polar surface area (TPSA) is 71.5 Å². The van der Waals surface area contributed by atoms with Crippen LogP contribution in [0.1, 0.15) is 18.4 Å². The molecule has 2 fully saturated rings. The van der Waals surface area contributed by atoms with Crippen LogP contribution in [0.25, 0.3) is 0 Å². The van der Waals surface area contributed by atoms with E-state index in [-0.39, 0.29) is 34.7 Å². The maximum atomic E-state index is 13.1. The molecule has 1 atom stereocenters. The largest absolute Gasteiger partial charge is 0.416 e. The molecule has 1 aromatic carbocycles. The summed E-state index contributed by atoms with van der Waals surface area (Å²) in [4.78, 5) is 5.18. The van der Waals surface area contributed by atoms with Gasteiger partial charge in [-0.3, -0.25) is 0 Å². The minimum Gasteiger partial charge on any atom is -0.365 e. The Hall–Kier alpha value is -1.95. The number of benzene rings is 1. The van der Waals surface area contributed by atoms with Crippen molar-refractivity contribution >= 4 is 27.4 Å². The van der Waals surface area contributed by atoms with Crippen LogP contribution >= 0.6 is 11.6 Å². The molecule has 0 radical (unpaired) electrons. The Kier molecular flexibility index (Phi) is 6.12. The maximum Gasteiger partial charge on any atom is 0.416 e. The number of pyridine rings is 1. The van der Waals surface area contributed by atoms with Gasteiger partial charge in [0.05, 0.1) is 18.2 Å². The molecule has 0 amide bonds. The van der Waals surface area contributed by atoms with Gasteiger partial charge in [-0.2, -0.15) is 13.2 Å². The van der Waals surface area contributed by atoms with Crippen LogP contribution in [0.15, 0.2) is 41.4 Å². The maximum absolute atomic E-state index is 13.1. The van der Waals surface area contributed by atoms with Crippen LogP contribution in [-0.2, 0) is 21.2 Å². The van der Waals surface area contributed by atoms with E-state index in [0.29, 0.717) is 19.3 Å². The summed E-state index contributed by atoms with van der Waals surface area (Å²) < 4.78 is 85.3. The molecule has 1 aliphatic carbocycles. The second-order valence-corrected chi connectivity index (χ2v) is 10.1. The van der Waals surface area contributed by atoms with Gasteiger partial charge in [0.1, 0.15) is 16.5 Å². The highest BCUT2D eigenvalue weighted by Gasteiger charge is 2.46. The Balaban J connectivity index is 1.49. The summed E-state index contributed by atoms with van der Waals surface area (Å²) in [6.45, 7) is -0.499. The van der Waals surface area contributed by atoms with E-state index in [1.807, 2.05) is 0 Å². The highest BCUT2D eigenvalue weighted by molar-refractivity contribution is 7.89. The Morgan fingerprint density at radius 1 is 1.25 bits per heavy atom. The molecule has 1 saturated heterocycles. The van der Waals surface area contributed by atoms with Crippen LogP contribution in [-0.4, -0.2) is 50.9 Å². The van der Waals surface area contributed by atoms with E-state index in [0.717, 1.165) is 11.8 Å². The lowest BCUT2D eigenvalue weighted by Crippen LogP contribution is -2.49. The Bertz CT molecular complexity index is 1090. The van der Waals surface area contributed by atoms with Gasteiger partial charge in [0.25, 0.3) is 0 Å². The molecule has 0 bridgehead atoms. The van der Waals surface area contributed by atoms with Crippen LogP contribution in [0, 0.1) is 5.82 Å². The van der Waals surface area contributed by atoms with Gasteiger partial charge in [-0.05, 0) is 43.0 Å². The summed E-state index contributed by atoms with van der Waals surface area (Å²) in [6, 6.07) is 7.02. The van der Waals surface area contributed by atoms with E-state index in [2.05, 4.69) is 9.71 Å². The lowest BCUT2D eigenvalue weighted by molar-refractivity contribution is -0.221. The van der Waals surface area contributed by atoms with Crippen molar-refractivity contribution in [3.63, 3.8) is 0 Å². The summed E-state index contributed by atoms with van der Waals surface area (Å²) in [5.74, 6) is -0.308. The number of morpholine rings is 1. The fourth-order valence-electron chi connectivity index (χ4n) is 3.64. The number of halogens is 5. The number of hydrogen-bond donors (Lipinski definition) is 1. The zero-order chi connectivity index (χ0) is 23.1. The predicted molar refractivity (Wildman–Crippen MR) is 110 cm³/mol. The van der Waals surface area contributed by atoms with Crippen LogP contribution in [0.3, 0.4) is 0 Å². The van der Waals surface area contributed by atoms with Gasteiger partial charge in [0.15, 0.2) is 6.10 Å². The van der Waals surface area contributed by atoms with Gasteiger partial charge in [0, 0.05) is 18.3 Å². The number of alkyl halides is 3. The lowest BCUT2D eigenvalue weighted by atomic mass is 10.1. The van der Waals surface area contributed by atoms with Crippen LogP contribution in [0.4, 0.5) is 23.4 Å². The molecule has 1 N–H and O–H groups in total. The molecule has 0 unspecified atom stereocenters. The molecule has 2 aromatic rings. The van der Waals surface area contributed by atoms with Gasteiger partial charge >= 0.3 is 6.18 Å². The highest BCUT2D eigenvalue weighted by Crippen LogP contribution is 2.40. The highest BCUT2D eigenvalue weighted by atomic mass is 35.5. The molecule has 1 saturated carbocycles. The molecule has 2 aliphatic rings. The summed E-state index contributed by atoms with van der Waals surface area (Å²) in [5.41, 5.74) is 0.121. The average molecular weight is 494 g/mol. The SMILES string of the molecule is O=S(=O)(NC1(Cc2ccc(F)cc2)CC1)c1cnc(N2CCO[C@@H](C(F)(F)F)C2)c(Cl)c1. The first-order valence-electron chi connectivity index (χ1n) is 9.85. The Morgan fingerprint density at radius 2 is 1.94 bits per heavy atom. The zero-order valence-electron chi connectivity index (χ0n) is 16.7. The third-order valence-corrected chi connectivity index (χ3v) is 7.32. The number of sulfonamides is 1. The van der Waals surface area contributed by atoms with Crippen molar-refractivity contribution in [3.05, 3.63) is 52.9 Å². The summed E-state index contributed by atoms with van der Waals surface area (Å²) >= 11 is 6.21. The van der Waals surface area contributed by atoms with E-state index >= 15 is 0 Å². The number of nitrogens with zero attached hydrogens (tertiary/aromatic N) is 2. The fourth-order valence-corrected chi connectivity index (χ4v) is 5.41. The van der Waals surface area contributed by atoms with Gasteiger partial charge in [-0.15, -0.1) is 0 Å². The normalized spacial score (nSPS) is 20.9. The molecule has 174 valence electrons. The smallest absolute Gasteiger partial charge is 0.365 e. The van der Waals surface area contributed by atoms with Crippen molar-refractivity contribution in [2.24, 2.45) is 0 Å². The lowest BCUT2D eigenvalue weighted by Gasteiger charge is -2.34. The first kappa shape index (κ1) is 23.2. The molecular formula is C20H20ClF4N3O3S. The van der Waals surface area contributed by atoms with Crippen molar-refractivity contribution in [1.29, 1.82) is 0 Å². The molecule has 32 heavy (non-hydrogen) atoms. The molecule has 1 aliphatic heterocycles. The first-order valence-corrected chi connectivity index (χ1v) is 11.7. The number of nitrogens with one attached hydrogen (secondary N) is 1. The molecule has 2 heterocycles. The monoisotopic (exact) mass is 493 g/mol. The van der Waals surface area contributed by atoms with Crippen molar-refractivity contribution < 1.29 is 30.7 Å². The van der Waals surface area contributed by atoms with Crippen LogP contribution in [0.2, 0.25) is 5.02 Å². The van der Waals surface area contributed by atoms with E-state index in [1.165, 1.54) is 23.1 Å². The van der Waals surface area contributed by atoms with E-state index in [1.54, 1.807) is 12.1 Å². The third kappa shape index (κ3) is 5.16. The van der Waals surface area contributed by atoms with Gasteiger partial charge in [-0.25, -0.2) is 22.5 Å². The summed E-state index contributed by atoms with van der Waals surface area (Å²) in [6.07, 6.45) is -3.78. The molecular weight excluding hydrogens is 474 g/mol. The molecule has 0 spiro atoms. The Morgan fingerprint density at radius 3 is 2.53 bits per heavy atom. The number of rotatable bonds is 6. The van der Waals surface area contributed by atoms with Crippen molar-refractivity contribution in [1.82, 2.24) is 9.71 Å². The Labute approximate surface area is 187 Å². The standard InChI is InChI=1S/C20H20ClF4N3O3S/c21-16-9-15(11-26-18(16)28-7-8-31-17(12-28)20(23,24)25)32(29,30)27-19(5-6-19)10-13-1-3-14(22)4-2-13/h1-4,9,11,17,27H,5-8,10,12H2/t17-/m1/s1. The van der Waals surface area contributed by atoms with Gasteiger partial charge in [0.2, 0.25) is 10.0 Å². The second kappa shape index (κ2) is 8.44. The fraction of sp³-hybridized carbons (Fsp3) is 0.450. The predicted octanol–water partition coefficient (Wildman–Crippen LogP) is 3.70. The van der Waals surface area contributed by atoms with Crippen LogP contribution < -0.4 is 9.62 Å². The van der Waals surface area contributed by atoms with E-state index in [4.69, 9.17) is 16.3 Å². The number of ether oxygens (including phenoxy) is 1. The first-order chi connectivity index (χ1) is 15.0. The molecule has 6 nitrogen and oxygen atoms in total. The van der Waals surface area contributed by atoms with Crippen molar-refractivity contribution in [2.75, 3.05) is 24.6 Å². The van der Waals surface area contributed by atoms with Crippen LogP contribution in [0.5, 0.6) is 0 Å². The number of anilines is 1. The number of aromatic nitrogens is 1. The second-order valence-electron chi connectivity index (χ2n) is 8.01. The quantitative estimate of drug-likeness (QED) is 0.621. The molecule has 4 rings (SSSR count). The van der Waals surface area contributed by atoms with Crippen molar-refractivity contribution in [2.45, 2.75) is 42.0 Å².